The summed E-state index contributed by atoms with van der Waals surface area (Å²) in [5, 5.41) is 6.93. The first-order valence-electron chi connectivity index (χ1n) is 8.68. The topological polar surface area (TPSA) is 81.9 Å². The molecule has 0 saturated heterocycles. The molecule has 2 aromatic heterocycles. The third-order valence-corrected chi connectivity index (χ3v) is 4.00. The Morgan fingerprint density at radius 2 is 1.82 bits per heavy atom. The van der Waals surface area contributed by atoms with E-state index >= 15 is 0 Å². The van der Waals surface area contributed by atoms with Crippen LogP contribution in [0.15, 0.2) is 85.6 Å². The summed E-state index contributed by atoms with van der Waals surface area (Å²) in [6.07, 6.45) is 4.76. The van der Waals surface area contributed by atoms with Gasteiger partial charge >= 0.3 is 0 Å². The van der Waals surface area contributed by atoms with Gasteiger partial charge in [0, 0.05) is 11.8 Å². The summed E-state index contributed by atoms with van der Waals surface area (Å²) in [4.78, 5) is 20.8. The standard InChI is InChI=1S/C21H17N5O2/c27-20(17-10-8-16(9-11-17)13-26-15-22-14-24-26)25-19-7-4-12-23-21(19)28-18-5-2-1-3-6-18/h1-12,14-15H,13H2,(H,25,27). The fourth-order valence-electron chi connectivity index (χ4n) is 2.62. The number of hydrogen-bond donors (Lipinski definition) is 1. The van der Waals surface area contributed by atoms with Gasteiger partial charge in [-0.25, -0.2) is 14.6 Å². The van der Waals surface area contributed by atoms with Gasteiger partial charge in [-0.05, 0) is 42.0 Å². The number of amides is 1. The van der Waals surface area contributed by atoms with Crippen molar-refractivity contribution in [3.63, 3.8) is 0 Å². The molecule has 2 heterocycles. The van der Waals surface area contributed by atoms with E-state index in [0.29, 0.717) is 29.4 Å². The fraction of sp³-hybridized carbons (Fsp3) is 0.0476. The van der Waals surface area contributed by atoms with Crippen molar-refractivity contribution >= 4 is 11.6 Å². The minimum atomic E-state index is -0.238. The summed E-state index contributed by atoms with van der Waals surface area (Å²) in [5.74, 6) is 0.747. The molecule has 0 saturated carbocycles. The van der Waals surface area contributed by atoms with Gasteiger partial charge < -0.3 is 10.1 Å². The van der Waals surface area contributed by atoms with Crippen molar-refractivity contribution in [2.45, 2.75) is 6.54 Å². The third-order valence-electron chi connectivity index (χ3n) is 4.00. The Morgan fingerprint density at radius 3 is 2.57 bits per heavy atom. The molecule has 0 spiro atoms. The SMILES string of the molecule is O=C(Nc1cccnc1Oc1ccccc1)c1ccc(Cn2cncn2)cc1. The van der Waals surface area contributed by atoms with Gasteiger partial charge in [-0.1, -0.05) is 30.3 Å². The van der Waals surface area contributed by atoms with Crippen LogP contribution >= 0.6 is 0 Å². The van der Waals surface area contributed by atoms with E-state index in [4.69, 9.17) is 4.74 Å². The summed E-state index contributed by atoms with van der Waals surface area (Å²) in [6.45, 7) is 0.597. The molecule has 0 aliphatic heterocycles. The van der Waals surface area contributed by atoms with Crippen LogP contribution in [0.3, 0.4) is 0 Å². The molecule has 28 heavy (non-hydrogen) atoms. The van der Waals surface area contributed by atoms with Gasteiger partial charge in [0.1, 0.15) is 24.1 Å². The van der Waals surface area contributed by atoms with E-state index in [1.165, 1.54) is 6.33 Å². The van der Waals surface area contributed by atoms with Crippen LogP contribution in [0.5, 0.6) is 11.6 Å². The van der Waals surface area contributed by atoms with Crippen LogP contribution < -0.4 is 10.1 Å². The van der Waals surface area contributed by atoms with E-state index < -0.39 is 0 Å². The average Bonchev–Trinajstić information content (AvgIpc) is 3.24. The van der Waals surface area contributed by atoms with E-state index in [9.17, 15) is 4.79 Å². The molecule has 0 fully saturated rings. The van der Waals surface area contributed by atoms with E-state index in [0.717, 1.165) is 5.56 Å². The zero-order chi connectivity index (χ0) is 19.2. The number of nitrogens with zero attached hydrogens (tertiary/aromatic N) is 4. The molecule has 1 amide bonds. The van der Waals surface area contributed by atoms with Gasteiger partial charge in [0.2, 0.25) is 5.88 Å². The first kappa shape index (κ1) is 17.4. The van der Waals surface area contributed by atoms with Crippen molar-refractivity contribution < 1.29 is 9.53 Å². The quantitative estimate of drug-likeness (QED) is 0.558. The molecule has 0 radical (unpaired) electrons. The lowest BCUT2D eigenvalue weighted by molar-refractivity contribution is 0.102. The normalized spacial score (nSPS) is 10.4. The lowest BCUT2D eigenvalue weighted by Crippen LogP contribution is -2.13. The molecule has 1 N–H and O–H groups in total. The maximum absolute atomic E-state index is 12.6. The summed E-state index contributed by atoms with van der Waals surface area (Å²) in [7, 11) is 0. The molecule has 7 nitrogen and oxygen atoms in total. The zero-order valence-electron chi connectivity index (χ0n) is 14.9. The second-order valence-electron chi connectivity index (χ2n) is 6.02. The molecule has 0 unspecified atom stereocenters. The van der Waals surface area contributed by atoms with Gasteiger partial charge in [0.25, 0.3) is 5.91 Å². The van der Waals surface area contributed by atoms with Crippen LogP contribution in [0.1, 0.15) is 15.9 Å². The van der Waals surface area contributed by atoms with Crippen LogP contribution in [0.2, 0.25) is 0 Å². The Labute approximate surface area is 161 Å². The number of carbonyl (C=O) groups excluding carboxylic acids is 1. The minimum Gasteiger partial charge on any atom is -0.437 e. The van der Waals surface area contributed by atoms with Crippen LogP contribution in [0.4, 0.5) is 5.69 Å². The lowest BCUT2D eigenvalue weighted by Gasteiger charge is -2.11. The molecule has 0 bridgehead atoms. The number of anilines is 1. The maximum atomic E-state index is 12.6. The van der Waals surface area contributed by atoms with Crippen LogP contribution in [-0.4, -0.2) is 25.7 Å². The Bertz CT molecular complexity index is 1050. The molecule has 4 rings (SSSR count). The highest BCUT2D eigenvalue weighted by atomic mass is 16.5. The smallest absolute Gasteiger partial charge is 0.255 e. The fourth-order valence-corrected chi connectivity index (χ4v) is 2.62. The van der Waals surface area contributed by atoms with Gasteiger partial charge in [-0.2, -0.15) is 5.10 Å². The molecule has 0 aliphatic rings. The zero-order valence-corrected chi connectivity index (χ0v) is 14.9. The Balaban J connectivity index is 1.46. The first-order valence-corrected chi connectivity index (χ1v) is 8.68. The molecule has 2 aromatic carbocycles. The van der Waals surface area contributed by atoms with Gasteiger partial charge in [0.05, 0.1) is 6.54 Å². The number of rotatable bonds is 6. The van der Waals surface area contributed by atoms with Crippen molar-refractivity contribution in [1.29, 1.82) is 0 Å². The monoisotopic (exact) mass is 371 g/mol. The highest BCUT2D eigenvalue weighted by Gasteiger charge is 2.11. The molecule has 4 aromatic rings. The largest absolute Gasteiger partial charge is 0.437 e. The summed E-state index contributed by atoms with van der Waals surface area (Å²) in [6, 6.07) is 20.1. The van der Waals surface area contributed by atoms with E-state index in [-0.39, 0.29) is 5.91 Å². The predicted molar refractivity (Wildman–Crippen MR) is 104 cm³/mol. The van der Waals surface area contributed by atoms with Gasteiger partial charge in [-0.3, -0.25) is 4.79 Å². The Morgan fingerprint density at radius 1 is 1.00 bits per heavy atom. The number of benzene rings is 2. The maximum Gasteiger partial charge on any atom is 0.255 e. The Hall–Kier alpha value is -4.00. The van der Waals surface area contributed by atoms with Crippen molar-refractivity contribution in [3.05, 3.63) is 96.7 Å². The molecular weight excluding hydrogens is 354 g/mol. The first-order chi connectivity index (χ1) is 13.8. The van der Waals surface area contributed by atoms with Crippen LogP contribution in [0, 0.1) is 0 Å². The van der Waals surface area contributed by atoms with Crippen molar-refractivity contribution in [2.24, 2.45) is 0 Å². The highest BCUT2D eigenvalue weighted by Crippen LogP contribution is 2.27. The second-order valence-corrected chi connectivity index (χ2v) is 6.02. The van der Waals surface area contributed by atoms with Crippen LogP contribution in [0.25, 0.3) is 0 Å². The van der Waals surface area contributed by atoms with E-state index in [2.05, 4.69) is 20.4 Å². The third kappa shape index (κ3) is 4.21. The lowest BCUT2D eigenvalue weighted by atomic mass is 10.1. The highest BCUT2D eigenvalue weighted by molar-refractivity contribution is 6.04. The molecular formula is C21H17N5O2. The predicted octanol–water partition coefficient (Wildman–Crippen LogP) is 3.77. The van der Waals surface area contributed by atoms with Crippen molar-refractivity contribution in [3.8, 4) is 11.6 Å². The second kappa shape index (κ2) is 8.13. The summed E-state index contributed by atoms with van der Waals surface area (Å²) >= 11 is 0. The number of para-hydroxylation sites is 1. The molecule has 0 atom stereocenters. The number of carbonyl (C=O) groups is 1. The summed E-state index contributed by atoms with van der Waals surface area (Å²) < 4.78 is 7.50. The molecule has 0 aliphatic carbocycles. The molecule has 138 valence electrons. The van der Waals surface area contributed by atoms with E-state index in [1.807, 2.05) is 42.5 Å². The van der Waals surface area contributed by atoms with Gasteiger partial charge in [0.15, 0.2) is 0 Å². The number of ether oxygens (including phenoxy) is 1. The Kier molecular flexibility index (Phi) is 5.06. The molecule has 7 heteroatoms. The summed E-state index contributed by atoms with van der Waals surface area (Å²) in [5.41, 5.74) is 2.07. The van der Waals surface area contributed by atoms with Gasteiger partial charge in [-0.15, -0.1) is 0 Å². The number of nitrogens with one attached hydrogen (secondary N) is 1. The average molecular weight is 371 g/mol. The van der Waals surface area contributed by atoms with E-state index in [1.54, 1.807) is 41.5 Å². The minimum absolute atomic E-state index is 0.238. The van der Waals surface area contributed by atoms with Crippen molar-refractivity contribution in [2.75, 3.05) is 5.32 Å². The van der Waals surface area contributed by atoms with Crippen LogP contribution in [-0.2, 0) is 6.54 Å². The number of pyridine rings is 1. The number of hydrogen-bond acceptors (Lipinski definition) is 5. The number of aromatic nitrogens is 4. The van der Waals surface area contributed by atoms with Crippen molar-refractivity contribution in [1.82, 2.24) is 19.7 Å².